The van der Waals surface area contributed by atoms with Crippen molar-refractivity contribution in [2.75, 3.05) is 13.1 Å². The summed E-state index contributed by atoms with van der Waals surface area (Å²) >= 11 is 0. The molecule has 1 aliphatic heterocycles. The van der Waals surface area contributed by atoms with Gasteiger partial charge in [-0.15, -0.1) is 0 Å². The number of morpholine rings is 1. The Morgan fingerprint density at radius 3 is 2.44 bits per heavy atom. The van der Waals surface area contributed by atoms with Crippen LogP contribution in [0.4, 0.5) is 0 Å². The average Bonchev–Trinajstić information content (AvgIpc) is 2.30. The Kier molecular flexibility index (Phi) is 5.05. The largest absolute Gasteiger partial charge is 0.373 e. The minimum Gasteiger partial charge on any atom is -0.373 e. The second-order valence-corrected chi connectivity index (χ2v) is 6.41. The first kappa shape index (κ1) is 14.3. The molecule has 0 radical (unpaired) electrons. The highest BCUT2D eigenvalue weighted by Gasteiger charge is 2.35. The van der Waals surface area contributed by atoms with Crippen LogP contribution in [-0.4, -0.2) is 42.3 Å². The number of hydrogen-bond donors (Lipinski definition) is 1. The van der Waals surface area contributed by atoms with Crippen LogP contribution in [0.3, 0.4) is 0 Å². The molecular formula is C15H30N2O. The lowest BCUT2D eigenvalue weighted by molar-refractivity contribution is -0.0888. The Labute approximate surface area is 112 Å². The van der Waals surface area contributed by atoms with Crippen LogP contribution in [0, 0.1) is 5.92 Å². The molecule has 2 fully saturated rings. The van der Waals surface area contributed by atoms with Gasteiger partial charge in [-0.2, -0.15) is 0 Å². The SMILES string of the molecule is CCCC1CCC(N)C(N2C[C@@H](C)O[C@@H](C)C2)C1. The van der Waals surface area contributed by atoms with Crippen LogP contribution in [0.2, 0.25) is 0 Å². The molecular weight excluding hydrogens is 224 g/mol. The van der Waals surface area contributed by atoms with Gasteiger partial charge in [-0.25, -0.2) is 0 Å². The maximum absolute atomic E-state index is 6.38. The molecule has 3 heteroatoms. The summed E-state index contributed by atoms with van der Waals surface area (Å²) in [6, 6.07) is 0.958. The van der Waals surface area contributed by atoms with Gasteiger partial charge in [0.1, 0.15) is 0 Å². The second kappa shape index (κ2) is 6.36. The van der Waals surface area contributed by atoms with E-state index in [0.717, 1.165) is 19.0 Å². The van der Waals surface area contributed by atoms with Crippen LogP contribution < -0.4 is 5.73 Å². The van der Waals surface area contributed by atoms with Gasteiger partial charge in [-0.1, -0.05) is 19.8 Å². The Morgan fingerprint density at radius 2 is 1.83 bits per heavy atom. The smallest absolute Gasteiger partial charge is 0.0678 e. The average molecular weight is 254 g/mol. The summed E-state index contributed by atoms with van der Waals surface area (Å²) in [6.07, 6.45) is 7.23. The summed E-state index contributed by atoms with van der Waals surface area (Å²) in [7, 11) is 0. The van der Waals surface area contributed by atoms with Crippen molar-refractivity contribution in [3.63, 3.8) is 0 Å². The highest BCUT2D eigenvalue weighted by atomic mass is 16.5. The maximum Gasteiger partial charge on any atom is 0.0678 e. The third-order valence-corrected chi connectivity index (χ3v) is 4.59. The highest BCUT2D eigenvalue weighted by molar-refractivity contribution is 4.91. The lowest BCUT2D eigenvalue weighted by Gasteiger charge is -2.45. The summed E-state index contributed by atoms with van der Waals surface area (Å²) in [5, 5.41) is 0. The van der Waals surface area contributed by atoms with Gasteiger partial charge < -0.3 is 10.5 Å². The number of hydrogen-bond acceptors (Lipinski definition) is 3. The molecule has 0 aromatic rings. The quantitative estimate of drug-likeness (QED) is 0.840. The summed E-state index contributed by atoms with van der Waals surface area (Å²) in [6.45, 7) is 8.77. The molecule has 3 nitrogen and oxygen atoms in total. The zero-order chi connectivity index (χ0) is 13.1. The van der Waals surface area contributed by atoms with E-state index in [1.807, 2.05) is 0 Å². The minimum absolute atomic E-state index is 0.354. The van der Waals surface area contributed by atoms with Crippen LogP contribution in [-0.2, 0) is 4.74 Å². The van der Waals surface area contributed by atoms with E-state index in [0.29, 0.717) is 24.3 Å². The van der Waals surface area contributed by atoms with E-state index in [1.165, 1.54) is 32.1 Å². The summed E-state index contributed by atoms with van der Waals surface area (Å²) in [5.74, 6) is 0.897. The third kappa shape index (κ3) is 3.46. The van der Waals surface area contributed by atoms with Crippen LogP contribution >= 0.6 is 0 Å². The minimum atomic E-state index is 0.354. The van der Waals surface area contributed by atoms with Crippen LogP contribution in [0.25, 0.3) is 0 Å². The molecule has 0 spiro atoms. The van der Waals surface area contributed by atoms with Crippen molar-refractivity contribution < 1.29 is 4.74 Å². The molecule has 3 unspecified atom stereocenters. The Morgan fingerprint density at radius 1 is 1.17 bits per heavy atom. The maximum atomic E-state index is 6.38. The van der Waals surface area contributed by atoms with Crippen molar-refractivity contribution in [3.05, 3.63) is 0 Å². The van der Waals surface area contributed by atoms with E-state index in [1.54, 1.807) is 0 Å². The predicted molar refractivity (Wildman–Crippen MR) is 75.6 cm³/mol. The number of rotatable bonds is 3. The molecule has 1 saturated carbocycles. The standard InChI is InChI=1S/C15H30N2O/c1-4-5-13-6-7-14(16)15(8-13)17-9-11(2)18-12(3)10-17/h11-15H,4-10,16H2,1-3H3/t11-,12+,13?,14?,15?. The van der Waals surface area contributed by atoms with Crippen molar-refractivity contribution >= 4 is 0 Å². The van der Waals surface area contributed by atoms with Crippen LogP contribution in [0.5, 0.6) is 0 Å². The molecule has 0 amide bonds. The molecule has 1 saturated heterocycles. The Bertz CT molecular complexity index is 249. The van der Waals surface area contributed by atoms with Gasteiger partial charge in [0.15, 0.2) is 0 Å². The fourth-order valence-corrected chi connectivity index (χ4v) is 3.83. The summed E-state index contributed by atoms with van der Waals surface area (Å²) < 4.78 is 5.83. The van der Waals surface area contributed by atoms with E-state index < -0.39 is 0 Å². The van der Waals surface area contributed by atoms with Crippen molar-refractivity contribution in [2.45, 2.75) is 77.2 Å². The summed E-state index contributed by atoms with van der Waals surface area (Å²) in [4.78, 5) is 2.60. The third-order valence-electron chi connectivity index (χ3n) is 4.59. The molecule has 18 heavy (non-hydrogen) atoms. The highest BCUT2D eigenvalue weighted by Crippen LogP contribution is 2.31. The first-order valence-electron chi connectivity index (χ1n) is 7.75. The normalized spacial score (nSPS) is 43.0. The molecule has 0 bridgehead atoms. The van der Waals surface area contributed by atoms with E-state index >= 15 is 0 Å². The number of nitrogens with zero attached hydrogens (tertiary/aromatic N) is 1. The number of nitrogens with two attached hydrogens (primary N) is 1. The van der Waals surface area contributed by atoms with Gasteiger partial charge in [0.05, 0.1) is 12.2 Å². The first-order valence-corrected chi connectivity index (χ1v) is 7.75. The fourth-order valence-electron chi connectivity index (χ4n) is 3.83. The lowest BCUT2D eigenvalue weighted by Crippen LogP contribution is -2.57. The van der Waals surface area contributed by atoms with Crippen molar-refractivity contribution in [1.82, 2.24) is 4.90 Å². The van der Waals surface area contributed by atoms with Crippen molar-refractivity contribution in [3.8, 4) is 0 Å². The van der Waals surface area contributed by atoms with E-state index in [4.69, 9.17) is 10.5 Å². The van der Waals surface area contributed by atoms with Gasteiger partial charge in [0, 0.05) is 25.2 Å². The summed E-state index contributed by atoms with van der Waals surface area (Å²) in [5.41, 5.74) is 6.38. The predicted octanol–water partition coefficient (Wildman–Crippen LogP) is 2.39. The molecule has 1 aliphatic carbocycles. The molecule has 2 rings (SSSR count). The second-order valence-electron chi connectivity index (χ2n) is 6.41. The zero-order valence-electron chi connectivity index (χ0n) is 12.3. The van der Waals surface area contributed by atoms with Crippen LogP contribution in [0.15, 0.2) is 0 Å². The van der Waals surface area contributed by atoms with E-state index in [2.05, 4.69) is 25.7 Å². The van der Waals surface area contributed by atoms with E-state index in [-0.39, 0.29) is 0 Å². The molecule has 2 N–H and O–H groups in total. The molecule has 2 aliphatic rings. The molecule has 0 aromatic heterocycles. The Hall–Kier alpha value is -0.120. The van der Waals surface area contributed by atoms with Gasteiger partial charge in [0.25, 0.3) is 0 Å². The first-order chi connectivity index (χ1) is 8.60. The van der Waals surface area contributed by atoms with Gasteiger partial charge in [0.2, 0.25) is 0 Å². The molecule has 1 heterocycles. The van der Waals surface area contributed by atoms with Crippen LogP contribution in [0.1, 0.15) is 52.9 Å². The molecule has 106 valence electrons. The monoisotopic (exact) mass is 254 g/mol. The van der Waals surface area contributed by atoms with Crippen molar-refractivity contribution in [1.29, 1.82) is 0 Å². The van der Waals surface area contributed by atoms with Gasteiger partial charge in [-0.3, -0.25) is 4.90 Å². The Balaban J connectivity index is 1.96. The van der Waals surface area contributed by atoms with Crippen molar-refractivity contribution in [2.24, 2.45) is 11.7 Å². The van der Waals surface area contributed by atoms with Gasteiger partial charge >= 0.3 is 0 Å². The molecule has 5 atom stereocenters. The fraction of sp³-hybridized carbons (Fsp3) is 1.00. The molecule has 0 aromatic carbocycles. The topological polar surface area (TPSA) is 38.5 Å². The van der Waals surface area contributed by atoms with E-state index in [9.17, 15) is 0 Å². The lowest BCUT2D eigenvalue weighted by atomic mass is 9.79. The van der Waals surface area contributed by atoms with Gasteiger partial charge in [-0.05, 0) is 39.0 Å². The number of ether oxygens (including phenoxy) is 1. The zero-order valence-corrected chi connectivity index (χ0v) is 12.3.